The predicted octanol–water partition coefficient (Wildman–Crippen LogP) is 2.73. The highest BCUT2D eigenvalue weighted by Gasteiger charge is 2.31. The number of halogens is 2. The van der Waals surface area contributed by atoms with Gasteiger partial charge in [0.05, 0.1) is 16.8 Å². The zero-order chi connectivity index (χ0) is 21.1. The Labute approximate surface area is 162 Å². The van der Waals surface area contributed by atoms with E-state index in [4.69, 9.17) is 0 Å². The smallest absolute Gasteiger partial charge is 0.308 e. The average molecular weight is 401 g/mol. The number of benzene rings is 1. The highest BCUT2D eigenvalue weighted by atomic mass is 19.3. The van der Waals surface area contributed by atoms with E-state index in [-0.39, 0.29) is 17.1 Å². The molecule has 12 heteroatoms. The largest absolute Gasteiger partial charge is 0.319 e. The minimum atomic E-state index is -3.16. The number of hydrogen-bond acceptors (Lipinski definition) is 6. The molecule has 0 unspecified atom stereocenters. The van der Waals surface area contributed by atoms with Crippen LogP contribution in [-0.2, 0) is 11.3 Å². The van der Waals surface area contributed by atoms with Crippen molar-refractivity contribution in [1.29, 1.82) is 5.26 Å². The molecule has 29 heavy (non-hydrogen) atoms. The van der Waals surface area contributed by atoms with E-state index in [1.54, 1.807) is 30.3 Å². The molecule has 1 aromatic carbocycles. The van der Waals surface area contributed by atoms with Crippen molar-refractivity contribution in [2.45, 2.75) is 19.9 Å². The number of anilines is 1. The minimum Gasteiger partial charge on any atom is -0.308 e. The van der Waals surface area contributed by atoms with Crippen LogP contribution in [0.1, 0.15) is 23.4 Å². The third-order valence-corrected chi connectivity index (χ3v) is 4.03. The zero-order valence-corrected chi connectivity index (χ0v) is 14.9. The van der Waals surface area contributed by atoms with Crippen LogP contribution in [0.25, 0.3) is 5.69 Å². The van der Waals surface area contributed by atoms with E-state index in [1.807, 2.05) is 6.07 Å². The van der Waals surface area contributed by atoms with Gasteiger partial charge in [0.15, 0.2) is 5.82 Å². The number of amides is 1. The van der Waals surface area contributed by atoms with Crippen LogP contribution in [-0.4, -0.2) is 30.4 Å². The van der Waals surface area contributed by atoms with Crippen molar-refractivity contribution in [3.8, 4) is 11.8 Å². The molecule has 0 aliphatic carbocycles. The molecule has 0 radical (unpaired) electrons. The van der Waals surface area contributed by atoms with Crippen molar-refractivity contribution in [1.82, 2.24) is 19.6 Å². The summed E-state index contributed by atoms with van der Waals surface area (Å²) < 4.78 is 28.2. The van der Waals surface area contributed by atoms with E-state index < -0.39 is 35.2 Å². The number of nitrogens with zero attached hydrogens (tertiary/aromatic N) is 6. The lowest BCUT2D eigenvalue weighted by atomic mass is 10.3. The maximum absolute atomic E-state index is 13.0. The molecule has 0 saturated heterocycles. The maximum Gasteiger partial charge on any atom is 0.319 e. The second-order valence-corrected chi connectivity index (χ2v) is 5.85. The molecule has 0 aliphatic rings. The predicted molar refractivity (Wildman–Crippen MR) is 95.5 cm³/mol. The Bertz CT molecular complexity index is 1120. The normalized spacial score (nSPS) is 10.7. The number of rotatable bonds is 6. The van der Waals surface area contributed by atoms with Crippen molar-refractivity contribution in [2.24, 2.45) is 0 Å². The van der Waals surface area contributed by atoms with Crippen molar-refractivity contribution in [3.05, 3.63) is 63.6 Å². The van der Waals surface area contributed by atoms with Crippen LogP contribution in [0.15, 0.2) is 36.5 Å². The van der Waals surface area contributed by atoms with Crippen molar-refractivity contribution >= 4 is 17.4 Å². The Balaban J connectivity index is 1.90. The van der Waals surface area contributed by atoms with Gasteiger partial charge in [-0.15, -0.1) is 0 Å². The first-order chi connectivity index (χ1) is 13.8. The summed E-state index contributed by atoms with van der Waals surface area (Å²) in [7, 11) is 0. The number of para-hydroxylation sites is 1. The first kappa shape index (κ1) is 19.6. The van der Waals surface area contributed by atoms with Crippen LogP contribution in [0.5, 0.6) is 0 Å². The van der Waals surface area contributed by atoms with Gasteiger partial charge < -0.3 is 5.32 Å². The Morgan fingerprint density at radius 3 is 2.62 bits per heavy atom. The van der Waals surface area contributed by atoms with Crippen LogP contribution in [0.4, 0.5) is 20.3 Å². The van der Waals surface area contributed by atoms with Gasteiger partial charge in [-0.25, -0.2) is 13.5 Å². The molecule has 148 valence electrons. The minimum absolute atomic E-state index is 0.0806. The molecule has 2 aromatic heterocycles. The third kappa shape index (κ3) is 3.79. The van der Waals surface area contributed by atoms with E-state index in [9.17, 15) is 29.0 Å². The molecular weight excluding hydrogens is 388 g/mol. The van der Waals surface area contributed by atoms with E-state index in [1.165, 1.54) is 17.8 Å². The molecule has 0 saturated carbocycles. The molecule has 2 heterocycles. The molecule has 0 spiro atoms. The molecule has 0 bridgehead atoms. The molecule has 1 N–H and O–H groups in total. The Kier molecular flexibility index (Phi) is 5.31. The number of carbonyl (C=O) groups is 1. The molecule has 0 atom stereocenters. The summed E-state index contributed by atoms with van der Waals surface area (Å²) in [5, 5.41) is 30.4. The van der Waals surface area contributed by atoms with Crippen molar-refractivity contribution in [3.63, 3.8) is 0 Å². The van der Waals surface area contributed by atoms with Crippen LogP contribution in [0, 0.1) is 28.4 Å². The standard InChI is InChI=1S/C17H13F2N7O3/c1-10-15(26(28)29)14(16(18)19)23-24(10)9-13(27)22-17-11(7-20)8-21-25(17)12-5-3-2-4-6-12/h2-6,8,16H,9H2,1H3,(H,22,27). The molecule has 0 aliphatic heterocycles. The Morgan fingerprint density at radius 1 is 1.38 bits per heavy atom. The van der Waals surface area contributed by atoms with Crippen molar-refractivity contribution in [2.75, 3.05) is 5.32 Å². The molecule has 3 rings (SSSR count). The fraction of sp³-hybridized carbons (Fsp3) is 0.176. The van der Waals surface area contributed by atoms with E-state index >= 15 is 0 Å². The number of carbonyl (C=O) groups excluding carboxylic acids is 1. The highest BCUT2D eigenvalue weighted by Crippen LogP contribution is 2.30. The van der Waals surface area contributed by atoms with Gasteiger partial charge in [0.1, 0.15) is 23.9 Å². The Hall–Kier alpha value is -4.14. The lowest BCUT2D eigenvalue weighted by Gasteiger charge is -2.10. The number of alkyl halides is 2. The van der Waals surface area contributed by atoms with E-state index in [2.05, 4.69) is 15.5 Å². The van der Waals surface area contributed by atoms with Gasteiger partial charge in [0.2, 0.25) is 11.6 Å². The molecule has 3 aromatic rings. The lowest BCUT2D eigenvalue weighted by molar-refractivity contribution is -0.386. The second kappa shape index (κ2) is 7.85. The lowest BCUT2D eigenvalue weighted by Crippen LogP contribution is -2.22. The average Bonchev–Trinajstić information content (AvgIpc) is 3.23. The number of nitrogens with one attached hydrogen (secondary N) is 1. The summed E-state index contributed by atoms with van der Waals surface area (Å²) in [6.07, 6.45) is -1.90. The molecular formula is C17H13F2N7O3. The van der Waals surface area contributed by atoms with E-state index in [0.29, 0.717) is 5.69 Å². The summed E-state index contributed by atoms with van der Waals surface area (Å²) in [6.45, 7) is 0.656. The fourth-order valence-electron chi connectivity index (χ4n) is 2.71. The van der Waals surface area contributed by atoms with Gasteiger partial charge in [0.25, 0.3) is 6.43 Å². The molecule has 10 nitrogen and oxygen atoms in total. The number of hydrogen-bond donors (Lipinski definition) is 1. The van der Waals surface area contributed by atoms with E-state index in [0.717, 1.165) is 4.68 Å². The van der Waals surface area contributed by atoms with Gasteiger partial charge in [-0.3, -0.25) is 19.6 Å². The van der Waals surface area contributed by atoms with Gasteiger partial charge in [-0.05, 0) is 19.1 Å². The summed E-state index contributed by atoms with van der Waals surface area (Å²) in [6, 6.07) is 10.6. The van der Waals surface area contributed by atoms with Gasteiger partial charge in [-0.1, -0.05) is 18.2 Å². The third-order valence-electron chi connectivity index (χ3n) is 4.03. The van der Waals surface area contributed by atoms with Crippen LogP contribution in [0.2, 0.25) is 0 Å². The fourth-order valence-corrected chi connectivity index (χ4v) is 2.71. The van der Waals surface area contributed by atoms with Crippen molar-refractivity contribution < 1.29 is 18.5 Å². The molecule has 0 fully saturated rings. The number of aromatic nitrogens is 4. The van der Waals surface area contributed by atoms with Crippen LogP contribution in [0.3, 0.4) is 0 Å². The monoisotopic (exact) mass is 401 g/mol. The number of nitriles is 1. The van der Waals surface area contributed by atoms with Crippen LogP contribution < -0.4 is 5.32 Å². The second-order valence-electron chi connectivity index (χ2n) is 5.85. The first-order valence-electron chi connectivity index (χ1n) is 8.16. The summed E-state index contributed by atoms with van der Waals surface area (Å²) in [4.78, 5) is 22.6. The summed E-state index contributed by atoms with van der Waals surface area (Å²) >= 11 is 0. The van der Waals surface area contributed by atoms with Gasteiger partial charge in [-0.2, -0.15) is 15.5 Å². The first-order valence-corrected chi connectivity index (χ1v) is 8.16. The summed E-state index contributed by atoms with van der Waals surface area (Å²) in [5.41, 5.74) is -1.36. The molecule has 1 amide bonds. The Morgan fingerprint density at radius 2 is 2.07 bits per heavy atom. The highest BCUT2D eigenvalue weighted by molar-refractivity contribution is 5.91. The SMILES string of the molecule is Cc1c([N+](=O)[O-])c(C(F)F)nn1CC(=O)Nc1c(C#N)cnn1-c1ccccc1. The van der Waals surface area contributed by atoms with Gasteiger partial charge in [0, 0.05) is 0 Å². The summed E-state index contributed by atoms with van der Waals surface area (Å²) in [5.74, 6) is -0.641. The topological polar surface area (TPSA) is 132 Å². The quantitative estimate of drug-likeness (QED) is 0.499. The van der Waals surface area contributed by atoms with Gasteiger partial charge >= 0.3 is 5.69 Å². The maximum atomic E-state index is 13.0. The zero-order valence-electron chi connectivity index (χ0n) is 14.9. The number of nitro groups is 1. The van der Waals surface area contributed by atoms with Crippen LogP contribution >= 0.6 is 0 Å².